The Morgan fingerprint density at radius 1 is 1.06 bits per heavy atom. The molecule has 1 aromatic heterocycles. The molecule has 0 bridgehead atoms. The van der Waals surface area contributed by atoms with Crippen LogP contribution in [-0.2, 0) is 7.05 Å². The van der Waals surface area contributed by atoms with Crippen LogP contribution in [0.1, 0.15) is 11.3 Å². The second-order valence-electron chi connectivity index (χ2n) is 3.96. The fourth-order valence-corrected chi connectivity index (χ4v) is 1.64. The molecule has 2 aromatic rings. The van der Waals surface area contributed by atoms with E-state index in [0.29, 0.717) is 0 Å². The fraction of sp³-hybridized carbons (Fsp3) is 0.0625. The van der Waals surface area contributed by atoms with Gasteiger partial charge in [0.05, 0.1) is 0 Å². The number of nitrogens with zero attached hydrogens (tertiary/aromatic N) is 1. The summed E-state index contributed by atoms with van der Waals surface area (Å²) < 4.78 is 2.08. The van der Waals surface area contributed by atoms with Crippen LogP contribution in [-0.4, -0.2) is 0 Å². The summed E-state index contributed by atoms with van der Waals surface area (Å²) in [6, 6.07) is 16.3. The van der Waals surface area contributed by atoms with Gasteiger partial charge in [-0.1, -0.05) is 36.9 Å². The largest absolute Gasteiger partial charge is 0.204 e. The quantitative estimate of drug-likeness (QED) is 0.554. The molecule has 0 fully saturated rings. The van der Waals surface area contributed by atoms with Gasteiger partial charge in [0, 0.05) is 18.2 Å². The molecule has 1 heterocycles. The summed E-state index contributed by atoms with van der Waals surface area (Å²) in [5.41, 5.74) is 3.33. The summed E-state index contributed by atoms with van der Waals surface area (Å²) in [5.74, 6) is 0. The van der Waals surface area contributed by atoms with Crippen molar-refractivity contribution in [2.24, 2.45) is 7.05 Å². The summed E-state index contributed by atoms with van der Waals surface area (Å²) in [6.45, 7) is 4.07. The Morgan fingerprint density at radius 3 is 2.47 bits per heavy atom. The van der Waals surface area contributed by atoms with Crippen LogP contribution in [0.5, 0.6) is 0 Å². The van der Waals surface area contributed by atoms with Gasteiger partial charge in [0.25, 0.3) is 0 Å². The second-order valence-corrected chi connectivity index (χ2v) is 3.96. The van der Waals surface area contributed by atoms with Crippen molar-refractivity contribution < 1.29 is 4.57 Å². The molecular weight excluding hydrogens is 206 g/mol. The minimum absolute atomic E-state index is 1.02. The SMILES string of the molecule is C=C(C=Cc1cccc[n+]1C)c1ccccc1. The Bertz CT molecular complexity index is 538. The molecule has 84 valence electrons. The standard InChI is InChI=1S/C16H16N/c1-14(15-8-4-3-5-9-15)11-12-16-10-6-7-13-17(16)2/h3-13H,1H2,2H3/q+1. The number of allylic oxidation sites excluding steroid dienone is 2. The van der Waals surface area contributed by atoms with Crippen LogP contribution < -0.4 is 4.57 Å². The Labute approximate surface area is 102 Å². The van der Waals surface area contributed by atoms with Gasteiger partial charge in [0.2, 0.25) is 5.69 Å². The van der Waals surface area contributed by atoms with Crippen molar-refractivity contribution in [1.29, 1.82) is 0 Å². The molecule has 0 saturated heterocycles. The van der Waals surface area contributed by atoms with E-state index >= 15 is 0 Å². The summed E-state index contributed by atoms with van der Waals surface area (Å²) in [6.07, 6.45) is 6.16. The molecule has 0 aliphatic heterocycles. The van der Waals surface area contributed by atoms with Crippen LogP contribution in [0.3, 0.4) is 0 Å². The van der Waals surface area contributed by atoms with Crippen molar-refractivity contribution in [3.05, 3.63) is 78.6 Å². The van der Waals surface area contributed by atoms with Crippen LogP contribution in [0.4, 0.5) is 0 Å². The van der Waals surface area contributed by atoms with Gasteiger partial charge in [-0.25, -0.2) is 4.57 Å². The molecule has 1 nitrogen and oxygen atoms in total. The van der Waals surface area contributed by atoms with E-state index in [-0.39, 0.29) is 0 Å². The van der Waals surface area contributed by atoms with Gasteiger partial charge < -0.3 is 0 Å². The van der Waals surface area contributed by atoms with E-state index in [1.807, 2.05) is 49.7 Å². The van der Waals surface area contributed by atoms with Gasteiger partial charge >= 0.3 is 0 Å². The minimum atomic E-state index is 1.02. The molecule has 0 unspecified atom stereocenters. The third-order valence-electron chi connectivity index (χ3n) is 2.69. The van der Waals surface area contributed by atoms with Crippen molar-refractivity contribution >= 4 is 11.6 Å². The molecule has 0 saturated carbocycles. The molecule has 0 aliphatic carbocycles. The highest BCUT2D eigenvalue weighted by Crippen LogP contribution is 2.13. The molecule has 0 atom stereocenters. The summed E-state index contributed by atoms with van der Waals surface area (Å²) in [7, 11) is 2.03. The van der Waals surface area contributed by atoms with Crippen molar-refractivity contribution in [2.45, 2.75) is 0 Å². The zero-order chi connectivity index (χ0) is 12.1. The third kappa shape index (κ3) is 2.91. The average Bonchev–Trinajstić information content (AvgIpc) is 2.38. The van der Waals surface area contributed by atoms with Crippen molar-refractivity contribution in [3.63, 3.8) is 0 Å². The van der Waals surface area contributed by atoms with E-state index in [9.17, 15) is 0 Å². The number of hydrogen-bond acceptors (Lipinski definition) is 0. The van der Waals surface area contributed by atoms with Gasteiger partial charge in [-0.2, -0.15) is 0 Å². The lowest BCUT2D eigenvalue weighted by molar-refractivity contribution is -0.673. The maximum absolute atomic E-state index is 4.07. The van der Waals surface area contributed by atoms with Gasteiger partial charge in [-0.05, 0) is 23.3 Å². The Kier molecular flexibility index (Phi) is 3.51. The summed E-state index contributed by atoms with van der Waals surface area (Å²) in [5, 5.41) is 0. The Hall–Kier alpha value is -2.15. The van der Waals surface area contributed by atoms with Gasteiger partial charge in [-0.15, -0.1) is 0 Å². The lowest BCUT2D eigenvalue weighted by atomic mass is 10.1. The maximum atomic E-state index is 4.07. The first-order valence-electron chi connectivity index (χ1n) is 5.64. The zero-order valence-corrected chi connectivity index (χ0v) is 10.0. The molecule has 1 aromatic carbocycles. The number of aryl methyl sites for hydroxylation is 1. The molecule has 0 radical (unpaired) electrons. The zero-order valence-electron chi connectivity index (χ0n) is 10.0. The number of benzene rings is 1. The van der Waals surface area contributed by atoms with Crippen LogP contribution in [0.2, 0.25) is 0 Å². The molecule has 0 amide bonds. The van der Waals surface area contributed by atoms with E-state index in [1.165, 1.54) is 0 Å². The average molecular weight is 222 g/mol. The first kappa shape index (κ1) is 11.3. The summed E-state index contributed by atoms with van der Waals surface area (Å²) in [4.78, 5) is 0. The van der Waals surface area contributed by atoms with E-state index < -0.39 is 0 Å². The summed E-state index contributed by atoms with van der Waals surface area (Å²) >= 11 is 0. The van der Waals surface area contributed by atoms with Crippen molar-refractivity contribution in [1.82, 2.24) is 0 Å². The Morgan fingerprint density at radius 2 is 1.76 bits per heavy atom. The monoisotopic (exact) mass is 222 g/mol. The Balaban J connectivity index is 2.17. The molecule has 2 rings (SSSR count). The van der Waals surface area contributed by atoms with Gasteiger partial charge in [0.1, 0.15) is 7.05 Å². The van der Waals surface area contributed by atoms with Crippen LogP contribution in [0.25, 0.3) is 11.6 Å². The molecule has 1 heteroatoms. The molecule has 0 N–H and O–H groups in total. The van der Waals surface area contributed by atoms with E-state index in [0.717, 1.165) is 16.8 Å². The number of pyridine rings is 1. The highest BCUT2D eigenvalue weighted by Gasteiger charge is 1.99. The van der Waals surface area contributed by atoms with E-state index in [1.54, 1.807) is 0 Å². The molecule has 0 spiro atoms. The van der Waals surface area contributed by atoms with E-state index in [4.69, 9.17) is 0 Å². The fourth-order valence-electron chi connectivity index (χ4n) is 1.64. The topological polar surface area (TPSA) is 3.88 Å². The molecule has 0 aliphatic rings. The lowest BCUT2D eigenvalue weighted by Crippen LogP contribution is -2.30. The third-order valence-corrected chi connectivity index (χ3v) is 2.69. The molecular formula is C16H16N+. The van der Waals surface area contributed by atoms with Crippen LogP contribution >= 0.6 is 0 Å². The number of hydrogen-bond donors (Lipinski definition) is 0. The number of aromatic nitrogens is 1. The van der Waals surface area contributed by atoms with Crippen LogP contribution in [0.15, 0.2) is 67.4 Å². The highest BCUT2D eigenvalue weighted by atomic mass is 14.9. The predicted octanol–water partition coefficient (Wildman–Crippen LogP) is 3.24. The van der Waals surface area contributed by atoms with Gasteiger partial charge in [0.15, 0.2) is 6.20 Å². The second kappa shape index (κ2) is 5.26. The number of rotatable bonds is 3. The van der Waals surface area contributed by atoms with Crippen molar-refractivity contribution in [2.75, 3.05) is 0 Å². The normalized spacial score (nSPS) is 10.6. The predicted molar refractivity (Wildman–Crippen MR) is 72.1 cm³/mol. The smallest absolute Gasteiger partial charge is 0.202 e. The minimum Gasteiger partial charge on any atom is -0.202 e. The molecule has 17 heavy (non-hydrogen) atoms. The van der Waals surface area contributed by atoms with Crippen LogP contribution in [0, 0.1) is 0 Å². The first-order valence-corrected chi connectivity index (χ1v) is 5.64. The van der Waals surface area contributed by atoms with E-state index in [2.05, 4.69) is 35.4 Å². The maximum Gasteiger partial charge on any atom is 0.204 e. The van der Waals surface area contributed by atoms with Gasteiger partial charge in [-0.3, -0.25) is 0 Å². The lowest BCUT2D eigenvalue weighted by Gasteiger charge is -1.98. The first-order chi connectivity index (χ1) is 8.27. The highest BCUT2D eigenvalue weighted by molar-refractivity contribution is 5.76. The van der Waals surface area contributed by atoms with Crippen molar-refractivity contribution in [3.8, 4) is 0 Å².